The highest BCUT2D eigenvalue weighted by molar-refractivity contribution is 7.87. The number of urea groups is 1. The van der Waals surface area contributed by atoms with Gasteiger partial charge in [-0.05, 0) is 62.6 Å². The third-order valence-electron chi connectivity index (χ3n) is 4.80. The normalized spacial score (nSPS) is 12.3. The Balaban J connectivity index is 2.28. The predicted octanol–water partition coefficient (Wildman–Crippen LogP) is 2.37. The summed E-state index contributed by atoms with van der Waals surface area (Å²) in [7, 11) is -4.50. The van der Waals surface area contributed by atoms with Crippen molar-refractivity contribution in [3.63, 3.8) is 0 Å². The average Bonchev–Trinajstić information content (AvgIpc) is 2.74. The topological polar surface area (TPSA) is 188 Å². The number of rotatable bonds is 9. The Hall–Kier alpha value is -3.84. The number of ether oxygens (including phenoxy) is 1. The molecule has 13 heteroatoms. The summed E-state index contributed by atoms with van der Waals surface area (Å²) in [5.41, 5.74) is 5.82. The molecule has 0 spiro atoms. The van der Waals surface area contributed by atoms with Crippen LogP contribution in [0.5, 0.6) is 5.75 Å². The number of hydrogen-bond donors (Lipinski definition) is 5. The Bertz CT molecular complexity index is 1180. The molecular formula is C23H30N4O8S. The van der Waals surface area contributed by atoms with Crippen molar-refractivity contribution in [1.82, 2.24) is 10.2 Å². The third kappa shape index (κ3) is 9.43. The second-order valence-corrected chi connectivity index (χ2v) is 10.0. The first kappa shape index (κ1) is 28.4. The summed E-state index contributed by atoms with van der Waals surface area (Å²) in [6.07, 6.45) is -0.516. The van der Waals surface area contributed by atoms with Crippen LogP contribution in [-0.2, 0) is 26.3 Å². The molecule has 196 valence electrons. The molecule has 0 aliphatic rings. The molecule has 1 atom stereocenters. The Morgan fingerprint density at radius 1 is 1.06 bits per heavy atom. The van der Waals surface area contributed by atoms with Crippen LogP contribution in [0.15, 0.2) is 48.5 Å². The van der Waals surface area contributed by atoms with Gasteiger partial charge >= 0.3 is 22.4 Å². The molecule has 6 N–H and O–H groups in total. The highest BCUT2D eigenvalue weighted by atomic mass is 32.2. The van der Waals surface area contributed by atoms with Crippen LogP contribution in [-0.4, -0.2) is 59.7 Å². The summed E-state index contributed by atoms with van der Waals surface area (Å²) in [5.74, 6) is -1.71. The fourth-order valence-corrected chi connectivity index (χ4v) is 3.63. The smallest absolute Gasteiger partial charge is 0.407 e. The van der Waals surface area contributed by atoms with Crippen molar-refractivity contribution in [2.24, 2.45) is 5.73 Å². The minimum atomic E-state index is -4.50. The van der Waals surface area contributed by atoms with Crippen LogP contribution in [0, 0.1) is 0 Å². The number of nitrogens with one attached hydrogen (secondary N) is 2. The Morgan fingerprint density at radius 2 is 1.64 bits per heavy atom. The van der Waals surface area contributed by atoms with Gasteiger partial charge in [-0.3, -0.25) is 19.0 Å². The van der Waals surface area contributed by atoms with Gasteiger partial charge in [0.2, 0.25) is 5.91 Å². The van der Waals surface area contributed by atoms with E-state index in [0.717, 1.165) is 10.5 Å². The zero-order chi connectivity index (χ0) is 27.1. The molecule has 2 rings (SSSR count). The van der Waals surface area contributed by atoms with E-state index in [1.807, 2.05) is 4.72 Å². The largest absolute Gasteiger partial charge is 0.508 e. The molecule has 0 bridgehead atoms. The molecule has 0 aromatic heterocycles. The van der Waals surface area contributed by atoms with Gasteiger partial charge in [0.1, 0.15) is 11.4 Å². The zero-order valence-corrected chi connectivity index (χ0v) is 20.9. The molecule has 0 radical (unpaired) electrons. The Morgan fingerprint density at radius 3 is 2.14 bits per heavy atom. The first-order valence-corrected chi connectivity index (χ1v) is 12.3. The molecule has 0 aliphatic heterocycles. The monoisotopic (exact) mass is 522 g/mol. The number of imide groups is 1. The maximum Gasteiger partial charge on any atom is 0.407 e. The number of amides is 4. The van der Waals surface area contributed by atoms with Gasteiger partial charge in [0, 0.05) is 13.1 Å². The molecule has 0 heterocycles. The lowest BCUT2D eigenvalue weighted by Crippen LogP contribution is -2.47. The van der Waals surface area contributed by atoms with Crippen LogP contribution < -0.4 is 15.8 Å². The number of phenols is 1. The number of anilines is 1. The number of aromatic hydroxyl groups is 1. The van der Waals surface area contributed by atoms with Gasteiger partial charge < -0.3 is 20.9 Å². The number of carbonyl (C=O) groups excluding carboxylic acids is 3. The van der Waals surface area contributed by atoms with Crippen LogP contribution in [0.25, 0.3) is 0 Å². The van der Waals surface area contributed by atoms with Gasteiger partial charge in [0.25, 0.3) is 0 Å². The van der Waals surface area contributed by atoms with Crippen molar-refractivity contribution in [3.8, 4) is 5.75 Å². The number of phenolic OH excluding ortho intramolecular Hbond substituents is 1. The highest BCUT2D eigenvalue weighted by Crippen LogP contribution is 2.22. The number of carbonyl (C=O) groups is 3. The molecule has 2 aromatic carbocycles. The minimum absolute atomic E-state index is 0.0339. The Labute approximate surface area is 209 Å². The number of alkyl carbamates (subject to hydrolysis) is 1. The van der Waals surface area contributed by atoms with Gasteiger partial charge in [-0.1, -0.05) is 24.3 Å². The number of benzene rings is 2. The van der Waals surface area contributed by atoms with Crippen LogP contribution in [0.1, 0.15) is 37.8 Å². The molecular weight excluding hydrogens is 492 g/mol. The van der Waals surface area contributed by atoms with E-state index >= 15 is 0 Å². The summed E-state index contributed by atoms with van der Waals surface area (Å²) in [4.78, 5) is 38.6. The van der Waals surface area contributed by atoms with Gasteiger partial charge in [0.15, 0.2) is 0 Å². The fraction of sp³-hybridized carbons (Fsp3) is 0.348. The Kier molecular flexibility index (Phi) is 9.25. The molecule has 2 aromatic rings. The molecule has 0 aliphatic carbocycles. The summed E-state index contributed by atoms with van der Waals surface area (Å²) in [6.45, 7) is 4.71. The molecule has 12 nitrogen and oxygen atoms in total. The SMILES string of the molecule is CC(C)(C)OC(=O)NC[C@@H](C(=O)N(CCc1ccc(O)cc1)C(N)=O)c1ccc(NS(=O)(=O)O)cc1. The minimum Gasteiger partial charge on any atom is -0.508 e. The van der Waals surface area contributed by atoms with E-state index in [9.17, 15) is 27.9 Å². The van der Waals surface area contributed by atoms with Crippen molar-refractivity contribution < 1.29 is 37.2 Å². The average molecular weight is 523 g/mol. The number of hydrogen-bond acceptors (Lipinski definition) is 7. The van der Waals surface area contributed by atoms with Crippen molar-refractivity contribution in [2.75, 3.05) is 17.8 Å². The van der Waals surface area contributed by atoms with Crippen LogP contribution >= 0.6 is 0 Å². The molecule has 4 amide bonds. The zero-order valence-electron chi connectivity index (χ0n) is 20.1. The van der Waals surface area contributed by atoms with Crippen LogP contribution in [0.3, 0.4) is 0 Å². The van der Waals surface area contributed by atoms with E-state index in [0.29, 0.717) is 5.56 Å². The lowest BCUT2D eigenvalue weighted by molar-refractivity contribution is -0.129. The van der Waals surface area contributed by atoms with E-state index in [1.165, 1.54) is 36.4 Å². The molecule has 0 saturated carbocycles. The van der Waals surface area contributed by atoms with E-state index in [2.05, 4.69) is 5.32 Å². The summed E-state index contributed by atoms with van der Waals surface area (Å²) in [6, 6.07) is 10.7. The molecule has 36 heavy (non-hydrogen) atoms. The first-order chi connectivity index (χ1) is 16.6. The lowest BCUT2D eigenvalue weighted by atomic mass is 9.97. The fourth-order valence-electron chi connectivity index (χ4n) is 3.20. The predicted molar refractivity (Wildman–Crippen MR) is 132 cm³/mol. The third-order valence-corrected chi connectivity index (χ3v) is 5.29. The summed E-state index contributed by atoms with van der Waals surface area (Å²) in [5, 5.41) is 11.9. The number of nitrogens with two attached hydrogens (primary N) is 1. The second-order valence-electron chi connectivity index (χ2n) is 8.88. The standard InChI is InChI=1S/C23H30N4O8S/c1-23(2,3)35-22(31)25-14-19(16-6-8-17(9-7-16)26-36(32,33)34)20(29)27(21(24)30)13-12-15-4-10-18(28)11-5-15/h4-11,19,26,28H,12-14H2,1-3H3,(H2,24,30)(H,25,31)(H,32,33,34)/t19-/m1/s1. The van der Waals surface area contributed by atoms with Gasteiger partial charge in [-0.2, -0.15) is 8.42 Å². The van der Waals surface area contributed by atoms with E-state index in [1.54, 1.807) is 32.9 Å². The quantitative estimate of drug-likeness (QED) is 0.310. The van der Waals surface area contributed by atoms with Crippen molar-refractivity contribution >= 4 is 34.0 Å². The summed E-state index contributed by atoms with van der Waals surface area (Å²) >= 11 is 0. The van der Waals surface area contributed by atoms with E-state index < -0.39 is 39.9 Å². The second kappa shape index (κ2) is 11.7. The van der Waals surface area contributed by atoms with Crippen molar-refractivity contribution in [3.05, 3.63) is 59.7 Å². The maximum atomic E-state index is 13.4. The van der Waals surface area contributed by atoms with Gasteiger partial charge in [-0.15, -0.1) is 0 Å². The number of nitrogens with zero attached hydrogens (tertiary/aromatic N) is 1. The molecule has 0 fully saturated rings. The maximum absolute atomic E-state index is 13.4. The van der Waals surface area contributed by atoms with Crippen molar-refractivity contribution in [1.29, 1.82) is 0 Å². The van der Waals surface area contributed by atoms with E-state index in [4.69, 9.17) is 15.0 Å². The van der Waals surface area contributed by atoms with Crippen LogP contribution in [0.4, 0.5) is 15.3 Å². The number of primary amides is 1. The summed E-state index contributed by atoms with van der Waals surface area (Å²) < 4.78 is 38.1. The van der Waals surface area contributed by atoms with E-state index in [-0.39, 0.29) is 30.9 Å². The molecule has 0 saturated heterocycles. The van der Waals surface area contributed by atoms with Gasteiger partial charge in [-0.25, -0.2) is 9.59 Å². The van der Waals surface area contributed by atoms with Gasteiger partial charge in [0.05, 0.1) is 11.6 Å². The van der Waals surface area contributed by atoms with Crippen molar-refractivity contribution in [2.45, 2.75) is 38.7 Å². The first-order valence-electron chi connectivity index (χ1n) is 10.9. The highest BCUT2D eigenvalue weighted by Gasteiger charge is 2.30. The molecule has 0 unspecified atom stereocenters. The lowest BCUT2D eigenvalue weighted by Gasteiger charge is -2.26. The van der Waals surface area contributed by atoms with Crippen LogP contribution in [0.2, 0.25) is 0 Å².